The highest BCUT2D eigenvalue weighted by Gasteiger charge is 2.23. The summed E-state index contributed by atoms with van der Waals surface area (Å²) in [6.07, 6.45) is 1.68. The summed E-state index contributed by atoms with van der Waals surface area (Å²) < 4.78 is 5.41. The van der Waals surface area contributed by atoms with Crippen LogP contribution in [-0.2, 0) is 0 Å². The Kier molecular flexibility index (Phi) is 5.09. The molecule has 0 atom stereocenters. The number of aromatic nitrogens is 2. The van der Waals surface area contributed by atoms with E-state index in [0.29, 0.717) is 55.7 Å². The number of amides is 1. The van der Waals surface area contributed by atoms with Crippen LogP contribution in [0.2, 0.25) is 0 Å². The van der Waals surface area contributed by atoms with Crippen LogP contribution in [0.4, 0.5) is 5.95 Å². The van der Waals surface area contributed by atoms with E-state index in [9.17, 15) is 4.79 Å². The van der Waals surface area contributed by atoms with Gasteiger partial charge in [0.05, 0.1) is 18.2 Å². The van der Waals surface area contributed by atoms with Crippen molar-refractivity contribution in [1.29, 1.82) is 5.26 Å². The number of nitriles is 1. The van der Waals surface area contributed by atoms with E-state index in [2.05, 4.69) is 16.0 Å². The summed E-state index contributed by atoms with van der Waals surface area (Å²) >= 11 is 0. The van der Waals surface area contributed by atoms with E-state index in [-0.39, 0.29) is 5.91 Å². The number of piperazine rings is 1. The van der Waals surface area contributed by atoms with E-state index in [1.54, 1.807) is 41.4 Å². The average molecular weight is 337 g/mol. The number of carbonyl (C=O) groups is 1. The second-order valence-corrected chi connectivity index (χ2v) is 5.60. The van der Waals surface area contributed by atoms with Gasteiger partial charge in [0.15, 0.2) is 0 Å². The first-order valence-corrected chi connectivity index (χ1v) is 8.21. The molecule has 0 spiro atoms. The van der Waals surface area contributed by atoms with Crippen LogP contribution < -0.4 is 9.64 Å². The summed E-state index contributed by atoms with van der Waals surface area (Å²) in [5, 5.41) is 8.97. The predicted molar refractivity (Wildman–Crippen MR) is 92.5 cm³/mol. The lowest BCUT2D eigenvalue weighted by Crippen LogP contribution is -2.49. The van der Waals surface area contributed by atoms with Crippen molar-refractivity contribution in [3.63, 3.8) is 0 Å². The van der Waals surface area contributed by atoms with Crippen LogP contribution in [0.15, 0.2) is 36.5 Å². The smallest absolute Gasteiger partial charge is 0.254 e. The van der Waals surface area contributed by atoms with Gasteiger partial charge in [0.2, 0.25) is 11.8 Å². The highest BCUT2D eigenvalue weighted by molar-refractivity contribution is 5.94. The maximum atomic E-state index is 12.6. The first-order chi connectivity index (χ1) is 12.2. The molecule has 0 bridgehead atoms. The fraction of sp³-hybridized carbons (Fsp3) is 0.333. The average Bonchev–Trinajstić information content (AvgIpc) is 2.68. The molecule has 7 heteroatoms. The molecule has 0 unspecified atom stereocenters. The summed E-state index contributed by atoms with van der Waals surface area (Å²) in [6.45, 7) is 4.93. The van der Waals surface area contributed by atoms with Crippen LogP contribution in [-0.4, -0.2) is 53.6 Å². The molecule has 1 aromatic carbocycles. The molecule has 3 rings (SSSR count). The van der Waals surface area contributed by atoms with Crippen molar-refractivity contribution in [1.82, 2.24) is 14.9 Å². The Morgan fingerprint density at radius 3 is 2.80 bits per heavy atom. The van der Waals surface area contributed by atoms with Crippen LogP contribution in [0.25, 0.3) is 0 Å². The van der Waals surface area contributed by atoms with Gasteiger partial charge >= 0.3 is 0 Å². The van der Waals surface area contributed by atoms with Gasteiger partial charge in [-0.25, -0.2) is 4.98 Å². The highest BCUT2D eigenvalue weighted by atomic mass is 16.5. The molecule has 7 nitrogen and oxygen atoms in total. The third kappa shape index (κ3) is 3.86. The first kappa shape index (κ1) is 16.7. The molecule has 1 saturated heterocycles. The third-order valence-electron chi connectivity index (χ3n) is 4.00. The summed E-state index contributed by atoms with van der Waals surface area (Å²) in [6, 6.07) is 10.6. The third-order valence-corrected chi connectivity index (χ3v) is 4.00. The number of anilines is 1. The fourth-order valence-corrected chi connectivity index (χ4v) is 2.73. The van der Waals surface area contributed by atoms with E-state index in [4.69, 9.17) is 10.00 Å². The van der Waals surface area contributed by atoms with E-state index < -0.39 is 0 Å². The zero-order valence-electron chi connectivity index (χ0n) is 14.1. The van der Waals surface area contributed by atoms with E-state index in [1.165, 1.54) is 0 Å². The molecule has 0 saturated carbocycles. The highest BCUT2D eigenvalue weighted by Crippen LogP contribution is 2.16. The number of rotatable bonds is 4. The van der Waals surface area contributed by atoms with Gasteiger partial charge in [-0.15, -0.1) is 0 Å². The second-order valence-electron chi connectivity index (χ2n) is 5.60. The van der Waals surface area contributed by atoms with Crippen LogP contribution in [0.1, 0.15) is 22.8 Å². The summed E-state index contributed by atoms with van der Waals surface area (Å²) in [5.74, 6) is 1.12. The minimum absolute atomic E-state index is 0.0549. The Labute approximate surface area is 146 Å². The van der Waals surface area contributed by atoms with Crippen molar-refractivity contribution in [2.45, 2.75) is 6.92 Å². The number of carbonyl (C=O) groups excluding carboxylic acids is 1. The van der Waals surface area contributed by atoms with Gasteiger partial charge in [-0.2, -0.15) is 10.2 Å². The number of nitrogens with zero attached hydrogens (tertiary/aromatic N) is 5. The Balaban J connectivity index is 1.64. The number of hydrogen-bond donors (Lipinski definition) is 0. The fourth-order valence-electron chi connectivity index (χ4n) is 2.73. The van der Waals surface area contributed by atoms with Crippen molar-refractivity contribution in [3.05, 3.63) is 47.7 Å². The second kappa shape index (κ2) is 7.62. The van der Waals surface area contributed by atoms with Gasteiger partial charge < -0.3 is 14.5 Å². The summed E-state index contributed by atoms with van der Waals surface area (Å²) in [4.78, 5) is 25.1. The van der Waals surface area contributed by atoms with Gasteiger partial charge in [-0.3, -0.25) is 4.79 Å². The van der Waals surface area contributed by atoms with E-state index in [0.717, 1.165) is 0 Å². The zero-order valence-corrected chi connectivity index (χ0v) is 14.1. The normalized spacial score (nSPS) is 14.1. The van der Waals surface area contributed by atoms with Crippen LogP contribution >= 0.6 is 0 Å². The van der Waals surface area contributed by atoms with Crippen LogP contribution in [0.3, 0.4) is 0 Å². The lowest BCUT2D eigenvalue weighted by atomic mass is 10.1. The molecule has 2 aromatic rings. The summed E-state index contributed by atoms with van der Waals surface area (Å²) in [5.41, 5.74) is 1.03. The van der Waals surface area contributed by atoms with Crippen molar-refractivity contribution in [3.8, 4) is 11.9 Å². The molecule has 0 radical (unpaired) electrons. The molecule has 128 valence electrons. The summed E-state index contributed by atoms with van der Waals surface area (Å²) in [7, 11) is 0. The molecular weight excluding hydrogens is 318 g/mol. The van der Waals surface area contributed by atoms with Crippen molar-refractivity contribution in [2.75, 3.05) is 37.7 Å². The quantitative estimate of drug-likeness (QED) is 0.845. The van der Waals surface area contributed by atoms with Crippen molar-refractivity contribution < 1.29 is 9.53 Å². The topological polar surface area (TPSA) is 82.4 Å². The Morgan fingerprint density at radius 1 is 1.28 bits per heavy atom. The zero-order chi connectivity index (χ0) is 17.6. The standard InChI is InChI=1S/C18H19N5O2/c1-2-25-16-6-7-20-18(21-16)23-10-8-22(9-11-23)17(24)15-5-3-4-14(12-15)13-19/h3-7,12H,2,8-11H2,1H3. The predicted octanol–water partition coefficient (Wildman–Crippen LogP) is 1.71. The van der Waals surface area contributed by atoms with Gasteiger partial charge in [0.25, 0.3) is 5.91 Å². The van der Waals surface area contributed by atoms with Gasteiger partial charge in [0, 0.05) is 44.0 Å². The number of ether oxygens (including phenoxy) is 1. The lowest BCUT2D eigenvalue weighted by molar-refractivity contribution is 0.0746. The van der Waals surface area contributed by atoms with E-state index in [1.807, 2.05) is 11.8 Å². The van der Waals surface area contributed by atoms with Crippen LogP contribution in [0, 0.1) is 11.3 Å². The van der Waals surface area contributed by atoms with E-state index >= 15 is 0 Å². The Bertz CT molecular complexity index is 794. The van der Waals surface area contributed by atoms with Crippen molar-refractivity contribution >= 4 is 11.9 Å². The molecule has 1 amide bonds. The molecule has 0 aliphatic carbocycles. The molecule has 1 aliphatic heterocycles. The Morgan fingerprint density at radius 2 is 2.08 bits per heavy atom. The molecule has 2 heterocycles. The molecular formula is C18H19N5O2. The largest absolute Gasteiger partial charge is 0.478 e. The molecule has 1 fully saturated rings. The van der Waals surface area contributed by atoms with Crippen LogP contribution in [0.5, 0.6) is 5.88 Å². The molecule has 0 N–H and O–H groups in total. The Hall–Kier alpha value is -3.14. The maximum Gasteiger partial charge on any atom is 0.254 e. The first-order valence-electron chi connectivity index (χ1n) is 8.21. The maximum absolute atomic E-state index is 12.6. The number of hydrogen-bond acceptors (Lipinski definition) is 6. The number of benzene rings is 1. The molecule has 1 aromatic heterocycles. The minimum atomic E-state index is -0.0549. The lowest BCUT2D eigenvalue weighted by Gasteiger charge is -2.34. The van der Waals surface area contributed by atoms with Gasteiger partial charge in [0.1, 0.15) is 0 Å². The van der Waals surface area contributed by atoms with Gasteiger partial charge in [-0.1, -0.05) is 6.07 Å². The van der Waals surface area contributed by atoms with Crippen molar-refractivity contribution in [2.24, 2.45) is 0 Å². The monoisotopic (exact) mass is 337 g/mol. The molecule has 25 heavy (non-hydrogen) atoms. The van der Waals surface area contributed by atoms with Gasteiger partial charge in [-0.05, 0) is 25.1 Å². The SMILES string of the molecule is CCOc1ccnc(N2CCN(C(=O)c3cccc(C#N)c3)CC2)n1. The minimum Gasteiger partial charge on any atom is -0.478 e. The molecule has 1 aliphatic rings.